The predicted octanol–water partition coefficient (Wildman–Crippen LogP) is 2.68. The topological polar surface area (TPSA) is 78.4 Å². The van der Waals surface area contributed by atoms with Gasteiger partial charge in [0.2, 0.25) is 0 Å². The Labute approximate surface area is 126 Å². The molecule has 21 heavy (non-hydrogen) atoms. The predicted molar refractivity (Wildman–Crippen MR) is 75.6 cm³/mol. The van der Waals surface area contributed by atoms with Crippen molar-refractivity contribution in [2.24, 2.45) is 0 Å². The van der Waals surface area contributed by atoms with Gasteiger partial charge in [0.15, 0.2) is 0 Å². The van der Waals surface area contributed by atoms with Crippen LogP contribution in [-0.2, 0) is 11.3 Å². The van der Waals surface area contributed by atoms with Gasteiger partial charge in [-0.05, 0) is 30.5 Å². The molecule has 0 unspecified atom stereocenters. The molecule has 7 heteroatoms. The van der Waals surface area contributed by atoms with Crippen molar-refractivity contribution in [3.8, 4) is 0 Å². The minimum absolute atomic E-state index is 0.0130. The number of urea groups is 1. The summed E-state index contributed by atoms with van der Waals surface area (Å²) in [6, 6.07) is 3.65. The lowest BCUT2D eigenvalue weighted by molar-refractivity contribution is -0.144. The number of hydrogen-bond acceptors (Lipinski definition) is 2. The van der Waals surface area contributed by atoms with Gasteiger partial charge in [-0.1, -0.05) is 30.5 Å². The van der Waals surface area contributed by atoms with Crippen molar-refractivity contribution in [2.45, 2.75) is 37.8 Å². The average molecular weight is 315 g/mol. The van der Waals surface area contributed by atoms with Gasteiger partial charge in [0.05, 0.1) is 5.02 Å². The summed E-state index contributed by atoms with van der Waals surface area (Å²) in [5, 5.41) is 14.3. The van der Waals surface area contributed by atoms with Crippen molar-refractivity contribution in [1.82, 2.24) is 10.6 Å². The van der Waals surface area contributed by atoms with Gasteiger partial charge in [-0.2, -0.15) is 0 Å². The third-order valence-corrected chi connectivity index (χ3v) is 3.96. The van der Waals surface area contributed by atoms with Crippen molar-refractivity contribution >= 4 is 23.6 Å². The first-order chi connectivity index (χ1) is 9.93. The van der Waals surface area contributed by atoms with Crippen LogP contribution in [0.3, 0.4) is 0 Å². The Balaban J connectivity index is 1.92. The van der Waals surface area contributed by atoms with Crippen LogP contribution in [0.15, 0.2) is 18.2 Å². The molecule has 1 aromatic carbocycles. The minimum Gasteiger partial charge on any atom is -0.480 e. The molecule has 0 bridgehead atoms. The fourth-order valence-electron chi connectivity index (χ4n) is 2.46. The highest BCUT2D eigenvalue weighted by Gasteiger charge is 2.42. The summed E-state index contributed by atoms with van der Waals surface area (Å²) >= 11 is 5.57. The molecule has 3 N–H and O–H groups in total. The number of benzene rings is 1. The molecule has 1 aliphatic rings. The minimum atomic E-state index is -1.19. The van der Waals surface area contributed by atoms with Crippen molar-refractivity contribution in [1.29, 1.82) is 0 Å². The Morgan fingerprint density at radius 2 is 2.00 bits per heavy atom. The molecule has 1 aliphatic carbocycles. The molecule has 0 spiro atoms. The molecule has 2 amide bonds. The Bertz CT molecular complexity index is 559. The first kappa shape index (κ1) is 15.6. The lowest BCUT2D eigenvalue weighted by Gasteiger charge is -2.25. The number of aliphatic carboxylic acids is 1. The van der Waals surface area contributed by atoms with Crippen LogP contribution in [0, 0.1) is 5.82 Å². The van der Waals surface area contributed by atoms with E-state index < -0.39 is 23.4 Å². The smallest absolute Gasteiger partial charge is 0.329 e. The average Bonchev–Trinajstić information content (AvgIpc) is 2.90. The van der Waals surface area contributed by atoms with Crippen LogP contribution in [0.25, 0.3) is 0 Å². The number of carbonyl (C=O) groups excluding carboxylic acids is 1. The highest BCUT2D eigenvalue weighted by atomic mass is 35.5. The number of nitrogens with one attached hydrogen (secondary N) is 2. The Morgan fingerprint density at radius 1 is 1.33 bits per heavy atom. The highest BCUT2D eigenvalue weighted by molar-refractivity contribution is 6.30. The third-order valence-electron chi connectivity index (χ3n) is 3.66. The van der Waals surface area contributed by atoms with E-state index >= 15 is 0 Å². The second-order valence-electron chi connectivity index (χ2n) is 5.15. The summed E-state index contributed by atoms with van der Waals surface area (Å²) in [6.07, 6.45) is 2.39. The van der Waals surface area contributed by atoms with Crippen molar-refractivity contribution in [3.63, 3.8) is 0 Å². The quantitative estimate of drug-likeness (QED) is 0.799. The summed E-state index contributed by atoms with van der Waals surface area (Å²) < 4.78 is 13.3. The molecule has 0 saturated heterocycles. The van der Waals surface area contributed by atoms with Crippen molar-refractivity contribution in [2.75, 3.05) is 0 Å². The van der Waals surface area contributed by atoms with Crippen molar-refractivity contribution in [3.05, 3.63) is 34.6 Å². The molecule has 0 radical (unpaired) electrons. The molecule has 0 aliphatic heterocycles. The first-order valence-corrected chi connectivity index (χ1v) is 7.04. The van der Waals surface area contributed by atoms with E-state index in [2.05, 4.69) is 10.6 Å². The third kappa shape index (κ3) is 3.64. The maximum absolute atomic E-state index is 13.3. The van der Waals surface area contributed by atoms with E-state index in [0.717, 1.165) is 12.8 Å². The van der Waals surface area contributed by atoms with Crippen LogP contribution in [0.4, 0.5) is 9.18 Å². The monoisotopic (exact) mass is 314 g/mol. The molecule has 1 saturated carbocycles. The fraction of sp³-hybridized carbons (Fsp3) is 0.429. The second-order valence-corrected chi connectivity index (χ2v) is 5.56. The molecule has 5 nitrogen and oxygen atoms in total. The molecular formula is C14H16ClFN2O3. The van der Waals surface area contributed by atoms with E-state index in [4.69, 9.17) is 11.6 Å². The summed E-state index contributed by atoms with van der Waals surface area (Å²) in [7, 11) is 0. The van der Waals surface area contributed by atoms with Gasteiger partial charge < -0.3 is 15.7 Å². The van der Waals surface area contributed by atoms with E-state index in [-0.39, 0.29) is 11.6 Å². The first-order valence-electron chi connectivity index (χ1n) is 6.66. The summed E-state index contributed by atoms with van der Waals surface area (Å²) in [5.41, 5.74) is -0.641. The van der Waals surface area contributed by atoms with Gasteiger partial charge in [0, 0.05) is 6.54 Å². The van der Waals surface area contributed by atoms with Crippen LogP contribution in [-0.4, -0.2) is 22.6 Å². The Hall–Kier alpha value is -1.82. The molecule has 2 rings (SSSR count). The number of hydrogen-bond donors (Lipinski definition) is 3. The molecule has 1 fully saturated rings. The van der Waals surface area contributed by atoms with Crippen LogP contribution in [0.5, 0.6) is 0 Å². The number of halogens is 2. The zero-order valence-electron chi connectivity index (χ0n) is 11.3. The number of carboxylic acid groups (broad SMARTS) is 1. The van der Waals surface area contributed by atoms with Gasteiger partial charge in [0.1, 0.15) is 11.4 Å². The molecule has 0 atom stereocenters. The van der Waals surface area contributed by atoms with Gasteiger partial charge >= 0.3 is 12.0 Å². The molecular weight excluding hydrogens is 299 g/mol. The number of carbonyl (C=O) groups is 2. The highest BCUT2D eigenvalue weighted by Crippen LogP contribution is 2.29. The standard InChI is InChI=1S/C14H16ClFN2O3/c15-10-4-3-9(7-11(10)16)8-17-13(21)18-14(12(19)20)5-1-2-6-14/h3-4,7H,1-2,5-6,8H2,(H,19,20)(H2,17,18,21). The van der Waals surface area contributed by atoms with Gasteiger partial charge in [-0.3, -0.25) is 0 Å². The normalized spacial score (nSPS) is 16.5. The lowest BCUT2D eigenvalue weighted by atomic mass is 9.98. The maximum Gasteiger partial charge on any atom is 0.329 e. The number of amides is 2. The summed E-state index contributed by atoms with van der Waals surface area (Å²) in [4.78, 5) is 23.1. The van der Waals surface area contributed by atoms with E-state index in [9.17, 15) is 19.1 Å². The van der Waals surface area contributed by atoms with E-state index in [0.29, 0.717) is 18.4 Å². The second kappa shape index (κ2) is 6.30. The van der Waals surface area contributed by atoms with E-state index in [1.807, 2.05) is 0 Å². The van der Waals surface area contributed by atoms with E-state index in [1.54, 1.807) is 6.07 Å². The van der Waals surface area contributed by atoms with Crippen LogP contribution in [0.1, 0.15) is 31.2 Å². The number of rotatable bonds is 4. The molecule has 0 aromatic heterocycles. The SMILES string of the molecule is O=C(NCc1ccc(Cl)c(F)c1)NC1(C(=O)O)CCCC1. The molecule has 1 aromatic rings. The lowest BCUT2D eigenvalue weighted by Crippen LogP contribution is -2.55. The van der Waals surface area contributed by atoms with E-state index in [1.165, 1.54) is 12.1 Å². The summed E-state index contributed by atoms with van der Waals surface area (Å²) in [6.45, 7) is 0.0929. The van der Waals surface area contributed by atoms with Gasteiger partial charge in [-0.15, -0.1) is 0 Å². The zero-order chi connectivity index (χ0) is 15.5. The number of carboxylic acids is 1. The molecule has 0 heterocycles. The zero-order valence-corrected chi connectivity index (χ0v) is 12.0. The largest absolute Gasteiger partial charge is 0.480 e. The van der Waals surface area contributed by atoms with Crippen LogP contribution < -0.4 is 10.6 Å². The van der Waals surface area contributed by atoms with Crippen LogP contribution >= 0.6 is 11.6 Å². The Kier molecular flexibility index (Phi) is 4.67. The van der Waals surface area contributed by atoms with Crippen molar-refractivity contribution < 1.29 is 19.1 Å². The van der Waals surface area contributed by atoms with Gasteiger partial charge in [0.25, 0.3) is 0 Å². The molecule has 114 valence electrons. The maximum atomic E-state index is 13.3. The van der Waals surface area contributed by atoms with Crippen LogP contribution in [0.2, 0.25) is 5.02 Å². The summed E-state index contributed by atoms with van der Waals surface area (Å²) in [5.74, 6) is -1.58. The van der Waals surface area contributed by atoms with Gasteiger partial charge in [-0.25, -0.2) is 14.0 Å². The fourth-order valence-corrected chi connectivity index (χ4v) is 2.58. The Morgan fingerprint density at radius 3 is 2.57 bits per heavy atom.